The predicted molar refractivity (Wildman–Crippen MR) is 80.2 cm³/mol. The Balaban J connectivity index is 2.24. The average molecular weight is 327 g/mol. The van der Waals surface area contributed by atoms with Crippen molar-refractivity contribution in [3.05, 3.63) is 27.7 Å². The molecule has 7 nitrogen and oxygen atoms in total. The fourth-order valence-electron chi connectivity index (χ4n) is 1.56. The minimum absolute atomic E-state index is 0.131. The molecule has 0 spiro atoms. The number of anilines is 2. The molecule has 0 aliphatic heterocycles. The fraction of sp³-hybridized carbons (Fsp3) is 0.167. The summed E-state index contributed by atoms with van der Waals surface area (Å²) < 4.78 is 5.34. The number of aromatic nitrogens is 2. The van der Waals surface area contributed by atoms with Crippen LogP contribution in [0.2, 0.25) is 4.47 Å². The lowest BCUT2D eigenvalue weighted by molar-refractivity contribution is -0.114. The standard InChI is InChI=1S/C12H11ClN4O3S/c1-6(18)14-7-3-4-9(20-2)8(5-7)15-10(19)11-16-17-12(13)21-11/h3-5H,1-2H3,(H,14,18)(H,15,19). The van der Waals surface area contributed by atoms with Crippen molar-refractivity contribution >= 4 is 46.1 Å². The minimum Gasteiger partial charge on any atom is -0.495 e. The molecule has 0 aliphatic rings. The SMILES string of the molecule is COc1ccc(NC(C)=O)cc1NC(=O)c1nnc(Cl)s1. The third-order valence-corrected chi connectivity index (χ3v) is 3.38. The summed E-state index contributed by atoms with van der Waals surface area (Å²) in [4.78, 5) is 23.1. The van der Waals surface area contributed by atoms with Gasteiger partial charge in [0.1, 0.15) is 5.75 Å². The molecule has 0 saturated carbocycles. The van der Waals surface area contributed by atoms with E-state index in [2.05, 4.69) is 20.8 Å². The first kappa shape index (κ1) is 15.2. The summed E-state index contributed by atoms with van der Waals surface area (Å²) in [5.41, 5.74) is 0.939. The number of hydrogen-bond acceptors (Lipinski definition) is 6. The third-order valence-electron chi connectivity index (χ3n) is 2.36. The van der Waals surface area contributed by atoms with Crippen molar-refractivity contribution in [2.45, 2.75) is 6.92 Å². The van der Waals surface area contributed by atoms with Gasteiger partial charge in [-0.05, 0) is 29.8 Å². The van der Waals surface area contributed by atoms with Crippen LogP contribution in [0.4, 0.5) is 11.4 Å². The molecule has 0 fully saturated rings. The molecule has 110 valence electrons. The molecular formula is C12H11ClN4O3S. The molecule has 21 heavy (non-hydrogen) atoms. The van der Waals surface area contributed by atoms with E-state index < -0.39 is 5.91 Å². The second kappa shape index (κ2) is 6.51. The van der Waals surface area contributed by atoms with Crippen LogP contribution in [0.1, 0.15) is 16.7 Å². The van der Waals surface area contributed by atoms with Crippen LogP contribution < -0.4 is 15.4 Å². The van der Waals surface area contributed by atoms with Gasteiger partial charge in [0.05, 0.1) is 12.8 Å². The van der Waals surface area contributed by atoms with E-state index in [-0.39, 0.29) is 15.4 Å². The Labute approximate surface area is 129 Å². The van der Waals surface area contributed by atoms with Crippen molar-refractivity contribution < 1.29 is 14.3 Å². The normalized spacial score (nSPS) is 10.0. The topological polar surface area (TPSA) is 93.2 Å². The molecule has 0 saturated heterocycles. The van der Waals surface area contributed by atoms with Crippen LogP contribution in [-0.4, -0.2) is 29.1 Å². The number of nitrogens with zero attached hydrogens (tertiary/aromatic N) is 2. The van der Waals surface area contributed by atoms with Gasteiger partial charge in [0, 0.05) is 12.6 Å². The summed E-state index contributed by atoms with van der Waals surface area (Å²) >= 11 is 6.61. The molecule has 9 heteroatoms. The van der Waals surface area contributed by atoms with E-state index in [4.69, 9.17) is 16.3 Å². The number of methoxy groups -OCH3 is 1. The number of benzene rings is 1. The number of hydrogen-bond donors (Lipinski definition) is 2. The monoisotopic (exact) mass is 326 g/mol. The maximum Gasteiger partial charge on any atom is 0.286 e. The van der Waals surface area contributed by atoms with Crippen molar-refractivity contribution in [2.75, 3.05) is 17.7 Å². The zero-order valence-electron chi connectivity index (χ0n) is 11.1. The van der Waals surface area contributed by atoms with Crippen LogP contribution in [0.5, 0.6) is 5.75 Å². The van der Waals surface area contributed by atoms with Gasteiger partial charge in [-0.25, -0.2) is 0 Å². The van der Waals surface area contributed by atoms with Crippen LogP contribution >= 0.6 is 22.9 Å². The Morgan fingerprint density at radius 1 is 1.29 bits per heavy atom. The Morgan fingerprint density at radius 2 is 2.05 bits per heavy atom. The summed E-state index contributed by atoms with van der Waals surface area (Å²) in [6.07, 6.45) is 0. The van der Waals surface area contributed by atoms with Crippen LogP contribution in [-0.2, 0) is 4.79 Å². The summed E-state index contributed by atoms with van der Waals surface area (Å²) in [5.74, 6) is -0.223. The van der Waals surface area contributed by atoms with Crippen molar-refractivity contribution in [2.24, 2.45) is 0 Å². The maximum atomic E-state index is 12.0. The molecule has 1 aromatic heterocycles. The van der Waals surface area contributed by atoms with Crippen molar-refractivity contribution in [1.29, 1.82) is 0 Å². The van der Waals surface area contributed by atoms with Gasteiger partial charge in [0.15, 0.2) is 0 Å². The lowest BCUT2D eigenvalue weighted by atomic mass is 10.2. The second-order valence-corrected chi connectivity index (χ2v) is 5.47. The number of rotatable bonds is 4. The van der Waals surface area contributed by atoms with Gasteiger partial charge in [0.25, 0.3) is 5.91 Å². The maximum absolute atomic E-state index is 12.0. The quantitative estimate of drug-likeness (QED) is 0.900. The van der Waals surface area contributed by atoms with Crippen LogP contribution in [0.3, 0.4) is 0 Å². The molecule has 2 N–H and O–H groups in total. The van der Waals surface area contributed by atoms with Crippen LogP contribution in [0.15, 0.2) is 18.2 Å². The van der Waals surface area contributed by atoms with E-state index in [1.54, 1.807) is 18.2 Å². The van der Waals surface area contributed by atoms with E-state index in [0.717, 1.165) is 11.3 Å². The highest BCUT2D eigenvalue weighted by atomic mass is 35.5. The summed E-state index contributed by atoms with van der Waals surface area (Å²) in [6, 6.07) is 4.88. The summed E-state index contributed by atoms with van der Waals surface area (Å²) in [6.45, 7) is 1.39. The Bertz CT molecular complexity index is 689. The first-order chi connectivity index (χ1) is 9.99. The molecule has 1 heterocycles. The van der Waals surface area contributed by atoms with E-state index in [9.17, 15) is 9.59 Å². The average Bonchev–Trinajstić information content (AvgIpc) is 2.85. The summed E-state index contributed by atoms with van der Waals surface area (Å²) in [7, 11) is 1.48. The van der Waals surface area contributed by atoms with E-state index >= 15 is 0 Å². The molecular weight excluding hydrogens is 316 g/mol. The van der Waals surface area contributed by atoms with Gasteiger partial charge < -0.3 is 15.4 Å². The number of nitrogens with one attached hydrogen (secondary N) is 2. The smallest absolute Gasteiger partial charge is 0.286 e. The molecule has 2 amide bonds. The number of carbonyl (C=O) groups is 2. The highest BCUT2D eigenvalue weighted by Crippen LogP contribution is 2.28. The van der Waals surface area contributed by atoms with Gasteiger partial charge in [0.2, 0.25) is 15.4 Å². The highest BCUT2D eigenvalue weighted by molar-refractivity contribution is 7.17. The van der Waals surface area contributed by atoms with Gasteiger partial charge in [-0.3, -0.25) is 9.59 Å². The zero-order valence-corrected chi connectivity index (χ0v) is 12.7. The number of amides is 2. The molecule has 0 unspecified atom stereocenters. The Hall–Kier alpha value is -2.19. The molecule has 1 aromatic carbocycles. The molecule has 0 aliphatic carbocycles. The number of carbonyl (C=O) groups excluding carboxylic acids is 2. The van der Waals surface area contributed by atoms with Crippen molar-refractivity contribution in [3.8, 4) is 5.75 Å². The number of ether oxygens (including phenoxy) is 1. The van der Waals surface area contributed by atoms with E-state index in [1.165, 1.54) is 14.0 Å². The second-order valence-electron chi connectivity index (χ2n) is 3.91. The predicted octanol–water partition coefficient (Wildman–Crippen LogP) is 2.41. The molecule has 0 bridgehead atoms. The van der Waals surface area contributed by atoms with Gasteiger partial charge in [-0.1, -0.05) is 11.3 Å². The van der Waals surface area contributed by atoms with Crippen molar-refractivity contribution in [3.63, 3.8) is 0 Å². The van der Waals surface area contributed by atoms with Crippen LogP contribution in [0.25, 0.3) is 0 Å². The van der Waals surface area contributed by atoms with E-state index in [0.29, 0.717) is 17.1 Å². The first-order valence-electron chi connectivity index (χ1n) is 5.75. The Kier molecular flexibility index (Phi) is 4.71. The third kappa shape index (κ3) is 3.89. The molecule has 2 rings (SSSR count). The van der Waals surface area contributed by atoms with Gasteiger partial charge >= 0.3 is 0 Å². The molecule has 0 radical (unpaired) electrons. The fourth-order valence-corrected chi connectivity index (χ4v) is 2.28. The molecule has 2 aromatic rings. The molecule has 0 atom stereocenters. The van der Waals surface area contributed by atoms with E-state index in [1.807, 2.05) is 0 Å². The Morgan fingerprint density at radius 3 is 2.62 bits per heavy atom. The zero-order chi connectivity index (χ0) is 15.4. The lowest BCUT2D eigenvalue weighted by Crippen LogP contribution is -2.13. The summed E-state index contributed by atoms with van der Waals surface area (Å²) in [5, 5.41) is 12.6. The van der Waals surface area contributed by atoms with Crippen LogP contribution in [0, 0.1) is 0 Å². The lowest BCUT2D eigenvalue weighted by Gasteiger charge is -2.11. The largest absolute Gasteiger partial charge is 0.495 e. The van der Waals surface area contributed by atoms with Crippen molar-refractivity contribution in [1.82, 2.24) is 10.2 Å². The minimum atomic E-state index is -0.460. The first-order valence-corrected chi connectivity index (χ1v) is 6.95. The van der Waals surface area contributed by atoms with Gasteiger partial charge in [-0.2, -0.15) is 0 Å². The number of halogens is 1. The van der Waals surface area contributed by atoms with Gasteiger partial charge in [-0.15, -0.1) is 10.2 Å². The highest BCUT2D eigenvalue weighted by Gasteiger charge is 2.15.